The van der Waals surface area contributed by atoms with Crippen LogP contribution in [0.25, 0.3) is 0 Å². The maximum Gasteiger partial charge on any atom is 0.375 e. The van der Waals surface area contributed by atoms with Crippen LogP contribution in [0.1, 0.15) is 46.5 Å². The molecule has 4 aliphatic rings. The number of hydrogen-bond acceptors (Lipinski definition) is 4. The number of halogens is 2. The predicted molar refractivity (Wildman–Crippen MR) is 99.4 cm³/mol. The zero-order valence-corrected chi connectivity index (χ0v) is 16.7. The quantitative estimate of drug-likeness (QED) is 0.686. The van der Waals surface area contributed by atoms with Crippen LogP contribution in [0.5, 0.6) is 0 Å². The fourth-order valence-electron chi connectivity index (χ4n) is 7.13. The molecule has 0 bridgehead atoms. The van der Waals surface area contributed by atoms with E-state index in [9.17, 15) is 24.6 Å². The average Bonchev–Trinajstić information content (AvgIpc) is 2.84. The monoisotopic (exact) mass is 408 g/mol. The van der Waals surface area contributed by atoms with Gasteiger partial charge in [-0.2, -0.15) is 0 Å². The van der Waals surface area contributed by atoms with E-state index < -0.39 is 64.2 Å². The summed E-state index contributed by atoms with van der Waals surface area (Å²) in [5.74, 6) is -5.43. The number of Topliss-reactive ketones (excluding diaryl/α,β-unsaturated/α-hetero) is 1. The van der Waals surface area contributed by atoms with Gasteiger partial charge in [-0.3, -0.25) is 9.59 Å². The Morgan fingerprint density at radius 3 is 2.52 bits per heavy atom. The van der Waals surface area contributed by atoms with Crippen LogP contribution in [0.4, 0.5) is 8.78 Å². The maximum absolute atomic E-state index is 16.7. The van der Waals surface area contributed by atoms with Crippen LogP contribution in [-0.2, 0) is 14.4 Å². The fourth-order valence-corrected chi connectivity index (χ4v) is 7.13. The highest BCUT2D eigenvalue weighted by molar-refractivity contribution is 6.36. The molecule has 2 N–H and O–H groups in total. The Labute approximate surface area is 167 Å². The first kappa shape index (κ1) is 20.4. The summed E-state index contributed by atoms with van der Waals surface area (Å²) >= 11 is 0. The summed E-state index contributed by atoms with van der Waals surface area (Å²) in [5.41, 5.74) is -6.64. The minimum Gasteiger partial charge on any atom is -0.475 e. The predicted octanol–water partition coefficient (Wildman–Crippen LogP) is 2.97. The van der Waals surface area contributed by atoms with E-state index in [-0.39, 0.29) is 18.6 Å². The molecule has 3 fully saturated rings. The lowest BCUT2D eigenvalue weighted by molar-refractivity contribution is -0.205. The lowest BCUT2D eigenvalue weighted by atomic mass is 9.45. The van der Waals surface area contributed by atoms with Gasteiger partial charge in [0.25, 0.3) is 5.78 Å². The van der Waals surface area contributed by atoms with Gasteiger partial charge in [-0.15, -0.1) is 0 Å². The summed E-state index contributed by atoms with van der Waals surface area (Å²) in [4.78, 5) is 35.7. The molecule has 29 heavy (non-hydrogen) atoms. The van der Waals surface area contributed by atoms with E-state index in [1.807, 2.05) is 0 Å². The summed E-state index contributed by atoms with van der Waals surface area (Å²) in [6.07, 6.45) is 2.60. The molecule has 4 rings (SSSR count). The van der Waals surface area contributed by atoms with Gasteiger partial charge in [0.05, 0.1) is 0 Å². The average molecular weight is 408 g/mol. The largest absolute Gasteiger partial charge is 0.475 e. The standard InChI is InChI=1S/C22H26F2O5/c1-11-8-15-14-5-4-12-9-13(25)6-7-19(12,2)21(14,24)16(23)10-20(15,3)22(11,29)17(26)18(27)28/h6-7,9,11,14-16,29H,4-5,8,10H2,1-3H3,(H,27,28)/t11-,14+,15+,16+,19+,20+,21+,22+/m1/s1. The molecule has 0 aromatic rings. The zero-order chi connectivity index (χ0) is 21.6. The van der Waals surface area contributed by atoms with E-state index in [1.165, 1.54) is 25.2 Å². The van der Waals surface area contributed by atoms with Crippen molar-refractivity contribution in [1.29, 1.82) is 0 Å². The van der Waals surface area contributed by atoms with Crippen LogP contribution in [-0.4, -0.2) is 45.2 Å². The molecule has 7 heteroatoms. The molecular formula is C22H26F2O5. The first-order valence-corrected chi connectivity index (χ1v) is 10.1. The number of aliphatic hydroxyl groups is 1. The molecule has 5 nitrogen and oxygen atoms in total. The minimum absolute atomic E-state index is 0.243. The second-order valence-electron chi connectivity index (χ2n) is 9.75. The van der Waals surface area contributed by atoms with Crippen molar-refractivity contribution in [3.8, 4) is 0 Å². The van der Waals surface area contributed by atoms with E-state index in [0.717, 1.165) is 0 Å². The van der Waals surface area contributed by atoms with Crippen molar-refractivity contribution in [3.05, 3.63) is 23.8 Å². The highest BCUT2D eigenvalue weighted by Gasteiger charge is 2.76. The highest BCUT2D eigenvalue weighted by Crippen LogP contribution is 2.71. The van der Waals surface area contributed by atoms with E-state index in [4.69, 9.17) is 0 Å². The summed E-state index contributed by atoms with van der Waals surface area (Å²) in [5, 5.41) is 20.6. The fraction of sp³-hybridized carbons (Fsp3) is 0.682. The highest BCUT2D eigenvalue weighted by atomic mass is 19.2. The lowest BCUT2D eigenvalue weighted by Gasteiger charge is -2.61. The van der Waals surface area contributed by atoms with Crippen LogP contribution in [0, 0.1) is 28.6 Å². The molecule has 8 atom stereocenters. The number of aliphatic carboxylic acids is 1. The van der Waals surface area contributed by atoms with Crippen LogP contribution in [0.2, 0.25) is 0 Å². The molecule has 0 amide bonds. The number of rotatable bonds is 2. The zero-order valence-electron chi connectivity index (χ0n) is 16.7. The van der Waals surface area contributed by atoms with Crippen LogP contribution >= 0.6 is 0 Å². The number of carbonyl (C=O) groups is 3. The summed E-state index contributed by atoms with van der Waals surface area (Å²) in [6, 6.07) is 0. The Balaban J connectivity index is 1.84. The Bertz CT molecular complexity index is 880. The molecule has 0 radical (unpaired) electrons. The minimum atomic E-state index is -2.30. The van der Waals surface area contributed by atoms with Crippen LogP contribution in [0.3, 0.4) is 0 Å². The Morgan fingerprint density at radius 1 is 1.24 bits per heavy atom. The van der Waals surface area contributed by atoms with Crippen molar-refractivity contribution < 1.29 is 33.4 Å². The van der Waals surface area contributed by atoms with E-state index in [1.54, 1.807) is 13.8 Å². The van der Waals surface area contributed by atoms with Gasteiger partial charge in [0, 0.05) is 16.7 Å². The van der Waals surface area contributed by atoms with Crippen LogP contribution < -0.4 is 0 Å². The summed E-state index contributed by atoms with van der Waals surface area (Å²) in [7, 11) is 0. The molecule has 0 unspecified atom stereocenters. The lowest BCUT2D eigenvalue weighted by Crippen LogP contribution is -2.68. The third kappa shape index (κ3) is 2.15. The van der Waals surface area contributed by atoms with Gasteiger partial charge in [0.1, 0.15) is 11.8 Å². The van der Waals surface area contributed by atoms with E-state index >= 15 is 8.78 Å². The third-order valence-electron chi connectivity index (χ3n) is 8.72. The van der Waals surface area contributed by atoms with E-state index in [2.05, 4.69) is 0 Å². The number of ketones is 2. The number of carboxylic acid groups (broad SMARTS) is 1. The molecule has 0 aliphatic heterocycles. The van der Waals surface area contributed by atoms with Crippen molar-refractivity contribution in [3.63, 3.8) is 0 Å². The Morgan fingerprint density at radius 2 is 1.90 bits per heavy atom. The molecule has 0 aromatic heterocycles. The van der Waals surface area contributed by atoms with Crippen molar-refractivity contribution in [2.75, 3.05) is 0 Å². The van der Waals surface area contributed by atoms with Crippen molar-refractivity contribution in [2.45, 2.75) is 63.9 Å². The van der Waals surface area contributed by atoms with E-state index in [0.29, 0.717) is 12.0 Å². The molecule has 0 saturated heterocycles. The number of alkyl halides is 2. The molecule has 0 aromatic carbocycles. The summed E-state index contributed by atoms with van der Waals surface area (Å²) < 4.78 is 32.5. The van der Waals surface area contributed by atoms with Gasteiger partial charge in [-0.25, -0.2) is 13.6 Å². The summed E-state index contributed by atoms with van der Waals surface area (Å²) in [6.45, 7) is 4.71. The first-order valence-electron chi connectivity index (χ1n) is 10.1. The second kappa shape index (κ2) is 5.84. The van der Waals surface area contributed by atoms with Crippen molar-refractivity contribution in [1.82, 2.24) is 0 Å². The third-order valence-corrected chi connectivity index (χ3v) is 8.72. The first-order chi connectivity index (χ1) is 13.3. The van der Waals surface area contributed by atoms with Gasteiger partial charge in [-0.1, -0.05) is 25.5 Å². The molecule has 0 heterocycles. The topological polar surface area (TPSA) is 91.7 Å². The van der Waals surface area contributed by atoms with Gasteiger partial charge in [0.2, 0.25) is 0 Å². The smallest absolute Gasteiger partial charge is 0.375 e. The number of hydrogen-bond donors (Lipinski definition) is 2. The molecule has 3 saturated carbocycles. The molecule has 158 valence electrons. The normalized spacial score (nSPS) is 51.0. The van der Waals surface area contributed by atoms with Gasteiger partial charge in [-0.05, 0) is 56.6 Å². The number of carbonyl (C=O) groups excluding carboxylic acids is 2. The number of carboxylic acids is 1. The Kier molecular flexibility index (Phi) is 4.10. The van der Waals surface area contributed by atoms with Crippen molar-refractivity contribution >= 4 is 17.5 Å². The number of fused-ring (bicyclic) bond motifs is 5. The van der Waals surface area contributed by atoms with Gasteiger partial charge >= 0.3 is 5.97 Å². The molecular weight excluding hydrogens is 382 g/mol. The van der Waals surface area contributed by atoms with Gasteiger partial charge < -0.3 is 10.2 Å². The SMILES string of the molecule is C[C@@H]1C[C@H]2[C@@H]3CCC4=CC(=O)C=C[C@]4(C)[C@@]3(F)[C@@H](F)C[C@]2(C)[C@@]1(O)C(=O)C(=O)O. The second-order valence-corrected chi connectivity index (χ2v) is 9.75. The maximum atomic E-state index is 16.7. The Hall–Kier alpha value is -1.89. The van der Waals surface area contributed by atoms with Gasteiger partial charge in [0.15, 0.2) is 11.5 Å². The van der Waals surface area contributed by atoms with Crippen LogP contribution in [0.15, 0.2) is 23.8 Å². The van der Waals surface area contributed by atoms with Crippen molar-refractivity contribution in [2.24, 2.45) is 28.6 Å². The molecule has 4 aliphatic carbocycles. The molecule has 0 spiro atoms. The number of allylic oxidation sites excluding steroid dienone is 4.